The Kier molecular flexibility index (Phi) is 1.65. The molecule has 0 aliphatic carbocycles. The predicted molar refractivity (Wildman–Crippen MR) is 42.0 cm³/mol. The van der Waals surface area contributed by atoms with Gasteiger partial charge in [0.05, 0.1) is 5.92 Å². The number of carbonyl (C=O) groups excluding carboxylic acids is 2. The minimum Gasteiger partial charge on any atom is -0.315 e. The summed E-state index contributed by atoms with van der Waals surface area (Å²) in [7, 11) is 0. The van der Waals surface area contributed by atoms with Crippen LogP contribution in [0.15, 0.2) is 4.99 Å². The topological polar surface area (TPSA) is 70.6 Å². The molecule has 12 heavy (non-hydrogen) atoms. The summed E-state index contributed by atoms with van der Waals surface area (Å²) in [6.45, 7) is 1.40. The minimum absolute atomic E-state index is 0.225. The molecular formula is C7H9N3O2. The van der Waals surface area contributed by atoms with Crippen LogP contribution in [0.2, 0.25) is 0 Å². The Balaban J connectivity index is 2.28. The fourth-order valence-corrected chi connectivity index (χ4v) is 1.48. The molecule has 2 heterocycles. The highest BCUT2D eigenvalue weighted by molar-refractivity contribution is 6.16. The fourth-order valence-electron chi connectivity index (χ4n) is 1.48. The van der Waals surface area contributed by atoms with Crippen LogP contribution in [0, 0.1) is 5.92 Å². The van der Waals surface area contributed by atoms with Gasteiger partial charge in [-0.25, -0.2) is 9.79 Å². The molecule has 0 spiro atoms. The molecule has 2 rings (SSSR count). The van der Waals surface area contributed by atoms with E-state index in [1.54, 1.807) is 0 Å². The van der Waals surface area contributed by atoms with Gasteiger partial charge in [0.15, 0.2) is 0 Å². The third-order valence-electron chi connectivity index (χ3n) is 2.10. The van der Waals surface area contributed by atoms with Gasteiger partial charge in [0, 0.05) is 18.8 Å². The molecule has 0 saturated carbocycles. The van der Waals surface area contributed by atoms with E-state index in [1.165, 1.54) is 0 Å². The molecule has 2 aliphatic heterocycles. The number of hydrogen-bond donors (Lipinski definition) is 2. The zero-order valence-corrected chi connectivity index (χ0v) is 6.46. The number of carbonyl (C=O) groups is 2. The zero-order chi connectivity index (χ0) is 8.55. The summed E-state index contributed by atoms with van der Waals surface area (Å²) >= 11 is 0. The molecular weight excluding hydrogens is 158 g/mol. The highest BCUT2D eigenvalue weighted by Gasteiger charge is 2.32. The monoisotopic (exact) mass is 167 g/mol. The van der Waals surface area contributed by atoms with Crippen molar-refractivity contribution in [1.29, 1.82) is 0 Å². The maximum Gasteiger partial charge on any atom is 0.347 e. The summed E-state index contributed by atoms with van der Waals surface area (Å²) in [4.78, 5) is 25.7. The smallest absolute Gasteiger partial charge is 0.315 e. The van der Waals surface area contributed by atoms with E-state index in [-0.39, 0.29) is 11.8 Å². The number of hydrogen-bond acceptors (Lipinski definition) is 3. The molecule has 0 aromatic heterocycles. The second kappa shape index (κ2) is 2.67. The lowest BCUT2D eigenvalue weighted by molar-refractivity contribution is -0.122. The normalized spacial score (nSPS) is 29.0. The predicted octanol–water partition coefficient (Wildman–Crippen LogP) is -0.713. The van der Waals surface area contributed by atoms with Crippen LogP contribution in [-0.2, 0) is 4.79 Å². The van der Waals surface area contributed by atoms with E-state index in [1.807, 2.05) is 0 Å². The molecule has 3 amide bonds. The average Bonchev–Trinajstić information content (AvgIpc) is 2.04. The van der Waals surface area contributed by atoms with E-state index in [4.69, 9.17) is 0 Å². The molecule has 2 N–H and O–H groups in total. The largest absolute Gasteiger partial charge is 0.347 e. The number of piperidine rings is 1. The van der Waals surface area contributed by atoms with Gasteiger partial charge in [0.1, 0.15) is 0 Å². The van der Waals surface area contributed by atoms with Gasteiger partial charge >= 0.3 is 6.03 Å². The minimum atomic E-state index is -0.520. The van der Waals surface area contributed by atoms with Crippen LogP contribution in [-0.4, -0.2) is 30.7 Å². The van der Waals surface area contributed by atoms with Crippen molar-refractivity contribution < 1.29 is 9.59 Å². The Morgan fingerprint density at radius 3 is 3.08 bits per heavy atom. The van der Waals surface area contributed by atoms with E-state index in [2.05, 4.69) is 15.6 Å². The number of nitrogens with zero attached hydrogens (tertiary/aromatic N) is 1. The first-order valence-corrected chi connectivity index (χ1v) is 3.90. The number of imide groups is 1. The number of urea groups is 1. The number of aliphatic imine (C=N–C) groups is 1. The van der Waals surface area contributed by atoms with Crippen LogP contribution in [0.25, 0.3) is 0 Å². The second-order valence-electron chi connectivity index (χ2n) is 2.90. The van der Waals surface area contributed by atoms with E-state index >= 15 is 0 Å². The van der Waals surface area contributed by atoms with Crippen LogP contribution in [0.5, 0.6) is 0 Å². The van der Waals surface area contributed by atoms with Crippen molar-refractivity contribution in [3.63, 3.8) is 0 Å². The van der Waals surface area contributed by atoms with E-state index in [0.29, 0.717) is 13.0 Å². The van der Waals surface area contributed by atoms with Gasteiger partial charge in [-0.15, -0.1) is 0 Å². The quantitative estimate of drug-likeness (QED) is 0.500. The van der Waals surface area contributed by atoms with E-state index in [0.717, 1.165) is 12.3 Å². The van der Waals surface area contributed by atoms with Gasteiger partial charge in [-0.2, -0.15) is 0 Å². The molecule has 0 aromatic rings. The van der Waals surface area contributed by atoms with Gasteiger partial charge in [0.2, 0.25) is 5.91 Å². The summed E-state index contributed by atoms with van der Waals surface area (Å²) < 4.78 is 0. The van der Waals surface area contributed by atoms with Crippen molar-refractivity contribution in [2.24, 2.45) is 10.9 Å². The number of rotatable bonds is 0. The Morgan fingerprint density at radius 2 is 2.25 bits per heavy atom. The lowest BCUT2D eigenvalue weighted by atomic mass is 9.95. The zero-order valence-electron chi connectivity index (χ0n) is 6.46. The van der Waals surface area contributed by atoms with Gasteiger partial charge in [0.25, 0.3) is 0 Å². The van der Waals surface area contributed by atoms with Gasteiger partial charge in [-0.1, -0.05) is 0 Å². The average molecular weight is 167 g/mol. The van der Waals surface area contributed by atoms with Crippen molar-refractivity contribution in [2.75, 3.05) is 13.1 Å². The highest BCUT2D eigenvalue weighted by Crippen LogP contribution is 2.11. The lowest BCUT2D eigenvalue weighted by Gasteiger charge is -2.26. The summed E-state index contributed by atoms with van der Waals surface area (Å²) in [6.07, 6.45) is 0.698. The first-order chi connectivity index (χ1) is 5.77. The SMILES string of the molecule is O=C1N=C2CCNCC2C(=O)N1. The summed E-state index contributed by atoms with van der Waals surface area (Å²) in [5.41, 5.74) is 0.725. The number of amides is 3. The van der Waals surface area contributed by atoms with Gasteiger partial charge < -0.3 is 5.32 Å². The van der Waals surface area contributed by atoms with Gasteiger partial charge in [-0.05, 0) is 6.42 Å². The molecule has 5 heteroatoms. The second-order valence-corrected chi connectivity index (χ2v) is 2.90. The van der Waals surface area contributed by atoms with Gasteiger partial charge in [-0.3, -0.25) is 10.1 Å². The molecule has 0 bridgehead atoms. The molecule has 0 radical (unpaired) electrons. The van der Waals surface area contributed by atoms with Crippen molar-refractivity contribution in [3.05, 3.63) is 0 Å². The molecule has 1 atom stereocenters. The Bertz CT molecular complexity index is 272. The maximum absolute atomic E-state index is 11.2. The maximum atomic E-state index is 11.2. The highest BCUT2D eigenvalue weighted by atomic mass is 16.2. The molecule has 5 nitrogen and oxygen atoms in total. The third-order valence-corrected chi connectivity index (χ3v) is 2.10. The lowest BCUT2D eigenvalue weighted by Crippen LogP contribution is -2.50. The fraction of sp³-hybridized carbons (Fsp3) is 0.571. The summed E-state index contributed by atoms with van der Waals surface area (Å²) in [5, 5.41) is 5.25. The van der Waals surface area contributed by atoms with Crippen molar-refractivity contribution in [2.45, 2.75) is 6.42 Å². The van der Waals surface area contributed by atoms with Crippen LogP contribution < -0.4 is 10.6 Å². The van der Waals surface area contributed by atoms with Crippen LogP contribution in [0.3, 0.4) is 0 Å². The molecule has 1 unspecified atom stereocenters. The standard InChI is InChI=1S/C7H9N3O2/c11-6-4-3-8-2-1-5(4)9-7(12)10-6/h4,8H,1-3H2,(H,10,11,12). The molecule has 1 fully saturated rings. The van der Waals surface area contributed by atoms with Crippen molar-refractivity contribution >= 4 is 17.6 Å². The Labute approximate surface area is 69.2 Å². The third kappa shape index (κ3) is 1.12. The number of fused-ring (bicyclic) bond motifs is 1. The van der Waals surface area contributed by atoms with Crippen LogP contribution >= 0.6 is 0 Å². The molecule has 1 saturated heterocycles. The molecule has 64 valence electrons. The summed E-state index contributed by atoms with van der Waals surface area (Å²) in [5.74, 6) is -0.450. The molecule has 0 aromatic carbocycles. The van der Waals surface area contributed by atoms with Crippen LogP contribution in [0.1, 0.15) is 6.42 Å². The first kappa shape index (κ1) is 7.42. The Hall–Kier alpha value is -1.23. The van der Waals surface area contributed by atoms with Crippen molar-refractivity contribution in [1.82, 2.24) is 10.6 Å². The van der Waals surface area contributed by atoms with Crippen molar-refractivity contribution in [3.8, 4) is 0 Å². The summed E-state index contributed by atoms with van der Waals surface area (Å²) in [6, 6.07) is -0.520. The first-order valence-electron chi connectivity index (χ1n) is 3.90. The number of nitrogens with one attached hydrogen (secondary N) is 2. The van der Waals surface area contributed by atoms with Crippen LogP contribution in [0.4, 0.5) is 4.79 Å². The van der Waals surface area contributed by atoms with E-state index < -0.39 is 6.03 Å². The molecule has 2 aliphatic rings. The van der Waals surface area contributed by atoms with E-state index in [9.17, 15) is 9.59 Å². The Morgan fingerprint density at radius 1 is 1.42 bits per heavy atom.